The number of piperidine rings is 1. The molecule has 1 saturated carbocycles. The number of nitrogens with one attached hydrogen (secondary N) is 1. The van der Waals surface area contributed by atoms with Gasteiger partial charge in [-0.1, -0.05) is 37.1 Å². The number of hydrogen-bond acceptors (Lipinski definition) is 3. The summed E-state index contributed by atoms with van der Waals surface area (Å²) in [5.74, 6) is -0.506. The van der Waals surface area contributed by atoms with E-state index in [1.54, 1.807) is 18.2 Å². The van der Waals surface area contributed by atoms with Crippen molar-refractivity contribution in [1.82, 2.24) is 10.2 Å². The number of likely N-dealkylation sites (tertiary alicyclic amines) is 1. The van der Waals surface area contributed by atoms with Gasteiger partial charge in [0.1, 0.15) is 17.2 Å². The van der Waals surface area contributed by atoms with Gasteiger partial charge in [0.2, 0.25) is 5.91 Å². The maximum atomic E-state index is 13.9. The first-order valence-electron chi connectivity index (χ1n) is 11.7. The predicted molar refractivity (Wildman–Crippen MR) is 118 cm³/mol. The Labute approximate surface area is 187 Å². The second kappa shape index (κ2) is 8.23. The molecule has 2 aliphatic heterocycles. The first kappa shape index (κ1) is 21.5. The number of rotatable bonds is 3. The lowest BCUT2D eigenvalue weighted by molar-refractivity contribution is -0.134. The Morgan fingerprint density at radius 2 is 1.72 bits per heavy atom. The largest absolute Gasteiger partial charge is 0.384 e. The van der Waals surface area contributed by atoms with E-state index in [1.165, 1.54) is 24.3 Å². The van der Waals surface area contributed by atoms with Crippen LogP contribution in [0.25, 0.3) is 0 Å². The Hall–Kier alpha value is -2.31. The molecule has 0 bridgehead atoms. The number of benzene rings is 2. The predicted octanol–water partition coefficient (Wildman–Crippen LogP) is 4.09. The zero-order valence-corrected chi connectivity index (χ0v) is 18.2. The number of nitrogens with zero attached hydrogens (tertiary/aromatic N) is 1. The van der Waals surface area contributed by atoms with E-state index >= 15 is 0 Å². The van der Waals surface area contributed by atoms with Gasteiger partial charge in [0.05, 0.1) is 5.41 Å². The van der Waals surface area contributed by atoms with E-state index in [9.17, 15) is 18.7 Å². The van der Waals surface area contributed by atoms with E-state index in [0.29, 0.717) is 44.5 Å². The van der Waals surface area contributed by atoms with Gasteiger partial charge in [0, 0.05) is 18.5 Å². The summed E-state index contributed by atoms with van der Waals surface area (Å²) in [4.78, 5) is 15.3. The second-order valence-electron chi connectivity index (χ2n) is 9.70. The van der Waals surface area contributed by atoms with Crippen LogP contribution in [0.5, 0.6) is 0 Å². The van der Waals surface area contributed by atoms with Gasteiger partial charge in [-0.05, 0) is 74.2 Å². The second-order valence-corrected chi connectivity index (χ2v) is 9.70. The highest BCUT2D eigenvalue weighted by Gasteiger charge is 2.54. The SMILES string of the molecule is O=C1NCC(c2ccc(F)cc2)C12CCN(C1CCCCC1(O)c1cccc(F)c1)CC2. The number of carbonyl (C=O) groups is 1. The van der Waals surface area contributed by atoms with Crippen molar-refractivity contribution in [3.8, 4) is 0 Å². The minimum atomic E-state index is -1.08. The van der Waals surface area contributed by atoms with E-state index in [2.05, 4.69) is 10.2 Å². The molecular formula is C26H30F2N2O2. The fourth-order valence-electron chi connectivity index (χ4n) is 6.38. The lowest BCUT2D eigenvalue weighted by atomic mass is 9.66. The van der Waals surface area contributed by atoms with Crippen LogP contribution in [-0.4, -0.2) is 41.6 Å². The van der Waals surface area contributed by atoms with Crippen LogP contribution in [0.4, 0.5) is 8.78 Å². The molecule has 0 aromatic heterocycles. The van der Waals surface area contributed by atoms with E-state index < -0.39 is 11.0 Å². The van der Waals surface area contributed by atoms with Gasteiger partial charge in [-0.2, -0.15) is 0 Å². The Balaban J connectivity index is 1.38. The number of halogens is 2. The molecule has 1 amide bonds. The van der Waals surface area contributed by atoms with E-state index in [0.717, 1.165) is 24.8 Å². The molecule has 170 valence electrons. The topological polar surface area (TPSA) is 52.6 Å². The van der Waals surface area contributed by atoms with Crippen LogP contribution in [0.2, 0.25) is 0 Å². The highest BCUT2D eigenvalue weighted by molar-refractivity contribution is 5.86. The molecule has 3 fully saturated rings. The molecule has 1 aliphatic carbocycles. The van der Waals surface area contributed by atoms with Crippen molar-refractivity contribution in [2.24, 2.45) is 5.41 Å². The highest BCUT2D eigenvalue weighted by atomic mass is 19.1. The maximum Gasteiger partial charge on any atom is 0.227 e. The summed E-state index contributed by atoms with van der Waals surface area (Å²) in [5.41, 5.74) is 0.0523. The Bertz CT molecular complexity index is 988. The fraction of sp³-hybridized carbons (Fsp3) is 0.500. The molecule has 4 nitrogen and oxygen atoms in total. The monoisotopic (exact) mass is 440 g/mol. The summed E-state index contributed by atoms with van der Waals surface area (Å²) < 4.78 is 27.4. The van der Waals surface area contributed by atoms with Crippen LogP contribution in [0.15, 0.2) is 48.5 Å². The van der Waals surface area contributed by atoms with Crippen molar-refractivity contribution < 1.29 is 18.7 Å². The van der Waals surface area contributed by atoms with Crippen LogP contribution in [0, 0.1) is 17.0 Å². The lowest BCUT2D eigenvalue weighted by Gasteiger charge is -2.50. The van der Waals surface area contributed by atoms with Gasteiger partial charge >= 0.3 is 0 Å². The minimum absolute atomic E-state index is 0.0196. The third kappa shape index (κ3) is 3.54. The number of amides is 1. The van der Waals surface area contributed by atoms with Gasteiger partial charge in [0.15, 0.2) is 0 Å². The third-order valence-corrected chi connectivity index (χ3v) is 8.15. The highest BCUT2D eigenvalue weighted by Crippen LogP contribution is 2.49. The molecule has 32 heavy (non-hydrogen) atoms. The van der Waals surface area contributed by atoms with Crippen molar-refractivity contribution in [3.63, 3.8) is 0 Å². The average molecular weight is 441 g/mol. The summed E-state index contributed by atoms with van der Waals surface area (Å²) in [6.45, 7) is 1.97. The van der Waals surface area contributed by atoms with E-state index in [1.807, 2.05) is 6.07 Å². The van der Waals surface area contributed by atoms with E-state index in [-0.39, 0.29) is 29.5 Å². The van der Waals surface area contributed by atoms with Crippen LogP contribution in [-0.2, 0) is 10.4 Å². The molecule has 3 aliphatic rings. The fourth-order valence-corrected chi connectivity index (χ4v) is 6.38. The molecule has 2 heterocycles. The molecule has 2 aromatic carbocycles. The summed E-state index contributed by atoms with van der Waals surface area (Å²) >= 11 is 0. The number of carbonyl (C=O) groups excluding carboxylic acids is 1. The van der Waals surface area contributed by atoms with E-state index in [4.69, 9.17) is 0 Å². The van der Waals surface area contributed by atoms with Gasteiger partial charge in [-0.25, -0.2) is 8.78 Å². The van der Waals surface area contributed by atoms with Crippen LogP contribution >= 0.6 is 0 Å². The first-order valence-corrected chi connectivity index (χ1v) is 11.7. The summed E-state index contributed by atoms with van der Waals surface area (Å²) in [6, 6.07) is 12.8. The minimum Gasteiger partial charge on any atom is -0.384 e. The molecule has 0 radical (unpaired) electrons. The Kier molecular flexibility index (Phi) is 5.54. The maximum absolute atomic E-state index is 13.9. The summed E-state index contributed by atoms with van der Waals surface area (Å²) in [6.07, 6.45) is 4.79. The molecule has 5 rings (SSSR count). The van der Waals surface area contributed by atoms with Crippen molar-refractivity contribution in [2.75, 3.05) is 19.6 Å². The Morgan fingerprint density at radius 3 is 2.44 bits per heavy atom. The van der Waals surface area contributed by atoms with Gasteiger partial charge in [-0.15, -0.1) is 0 Å². The zero-order chi connectivity index (χ0) is 22.3. The quantitative estimate of drug-likeness (QED) is 0.756. The molecule has 2 saturated heterocycles. The van der Waals surface area contributed by atoms with Crippen molar-refractivity contribution in [2.45, 2.75) is 56.1 Å². The van der Waals surface area contributed by atoms with Crippen LogP contribution in [0.3, 0.4) is 0 Å². The third-order valence-electron chi connectivity index (χ3n) is 8.15. The lowest BCUT2D eigenvalue weighted by Crippen LogP contribution is -2.57. The molecule has 3 atom stereocenters. The summed E-state index contributed by atoms with van der Waals surface area (Å²) in [5, 5.41) is 14.8. The van der Waals surface area contributed by atoms with Crippen molar-refractivity contribution in [1.29, 1.82) is 0 Å². The van der Waals surface area contributed by atoms with Crippen molar-refractivity contribution in [3.05, 3.63) is 71.3 Å². The molecular weight excluding hydrogens is 410 g/mol. The van der Waals surface area contributed by atoms with Crippen molar-refractivity contribution >= 4 is 5.91 Å². The molecule has 2 N–H and O–H groups in total. The smallest absolute Gasteiger partial charge is 0.227 e. The zero-order valence-electron chi connectivity index (χ0n) is 18.2. The normalized spacial score (nSPS) is 30.4. The first-order chi connectivity index (χ1) is 15.4. The number of aliphatic hydroxyl groups is 1. The van der Waals surface area contributed by atoms with Gasteiger partial charge in [-0.3, -0.25) is 9.69 Å². The average Bonchev–Trinajstić information content (AvgIpc) is 3.11. The molecule has 2 aromatic rings. The van der Waals surface area contributed by atoms with Gasteiger partial charge in [0.25, 0.3) is 0 Å². The van der Waals surface area contributed by atoms with Crippen LogP contribution < -0.4 is 5.32 Å². The standard InChI is InChI=1S/C26H30F2N2O2/c27-20-9-7-18(8-10-20)22-17-29-24(31)25(22)12-14-30(15-13-25)23-6-1-2-11-26(23,32)19-4-3-5-21(28)16-19/h3-5,7-10,16,22-23,32H,1-2,6,11-15,17H2,(H,29,31). The molecule has 3 unspecified atom stereocenters. The van der Waals surface area contributed by atoms with Gasteiger partial charge < -0.3 is 10.4 Å². The molecule has 1 spiro atoms. The summed E-state index contributed by atoms with van der Waals surface area (Å²) in [7, 11) is 0. The molecule has 6 heteroatoms. The van der Waals surface area contributed by atoms with Crippen LogP contribution in [0.1, 0.15) is 55.6 Å². The Morgan fingerprint density at radius 1 is 0.969 bits per heavy atom. The number of hydrogen-bond donors (Lipinski definition) is 2.